The van der Waals surface area contributed by atoms with Crippen molar-refractivity contribution in [3.8, 4) is 0 Å². The van der Waals surface area contributed by atoms with Gasteiger partial charge in [-0.15, -0.1) is 9.24 Å². The van der Waals surface area contributed by atoms with Gasteiger partial charge >= 0.3 is 0 Å². The van der Waals surface area contributed by atoms with Gasteiger partial charge in [-0.05, 0) is 32.0 Å². The van der Waals surface area contributed by atoms with Gasteiger partial charge in [-0.2, -0.15) is 0 Å². The molecular weight excluding hydrogens is 129 g/mol. The summed E-state index contributed by atoms with van der Waals surface area (Å²) in [6.45, 7) is 2.26. The van der Waals surface area contributed by atoms with Crippen molar-refractivity contribution in [2.45, 2.75) is 25.3 Å². The van der Waals surface area contributed by atoms with Crippen LogP contribution in [0.4, 0.5) is 0 Å². The van der Waals surface area contributed by atoms with Crippen LogP contribution in [0.3, 0.4) is 0 Å². The van der Waals surface area contributed by atoms with Crippen LogP contribution in [0, 0.1) is 5.92 Å². The predicted molar refractivity (Wildman–Crippen MR) is 44.8 cm³/mol. The topological polar surface area (TPSA) is 12.0 Å². The van der Waals surface area contributed by atoms with E-state index in [0.717, 1.165) is 5.92 Å². The molecule has 0 aromatic heterocycles. The molecule has 0 aromatic carbocycles. The van der Waals surface area contributed by atoms with Gasteiger partial charge < -0.3 is 5.32 Å². The number of nitrogens with one attached hydrogen (secondary N) is 1. The number of rotatable bonds is 3. The van der Waals surface area contributed by atoms with Crippen LogP contribution in [0.25, 0.3) is 0 Å². The SMILES string of the molecule is CCC1(NC)CC1CP. The molecule has 1 rings (SSSR count). The predicted octanol–water partition coefficient (Wildman–Crippen LogP) is 1.25. The van der Waals surface area contributed by atoms with Crippen LogP contribution in [0.1, 0.15) is 19.8 Å². The zero-order chi connectivity index (χ0) is 6.91. The standard InChI is InChI=1S/C7H16NP/c1-3-7(8-2)4-6(7)5-9/h6,8H,3-5,9H2,1-2H3. The van der Waals surface area contributed by atoms with E-state index >= 15 is 0 Å². The van der Waals surface area contributed by atoms with Crippen molar-refractivity contribution in [1.29, 1.82) is 0 Å². The molecule has 0 radical (unpaired) electrons. The Hall–Kier alpha value is 0.390. The minimum Gasteiger partial charge on any atom is -0.314 e. The summed E-state index contributed by atoms with van der Waals surface area (Å²) in [5.74, 6) is 0.928. The maximum Gasteiger partial charge on any atom is 0.0211 e. The van der Waals surface area contributed by atoms with Gasteiger partial charge in [0.1, 0.15) is 0 Å². The van der Waals surface area contributed by atoms with Crippen molar-refractivity contribution in [3.05, 3.63) is 0 Å². The van der Waals surface area contributed by atoms with E-state index in [1.54, 1.807) is 0 Å². The molecule has 1 N–H and O–H groups in total. The van der Waals surface area contributed by atoms with Crippen LogP contribution >= 0.6 is 9.24 Å². The van der Waals surface area contributed by atoms with E-state index in [-0.39, 0.29) is 0 Å². The maximum absolute atomic E-state index is 3.39. The Morgan fingerprint density at radius 1 is 1.78 bits per heavy atom. The van der Waals surface area contributed by atoms with Crippen molar-refractivity contribution >= 4 is 9.24 Å². The Morgan fingerprint density at radius 2 is 2.44 bits per heavy atom. The molecule has 1 nitrogen and oxygen atoms in total. The second-order valence-electron chi connectivity index (χ2n) is 2.90. The van der Waals surface area contributed by atoms with Crippen molar-refractivity contribution in [1.82, 2.24) is 5.32 Å². The molecule has 0 saturated heterocycles. The van der Waals surface area contributed by atoms with Crippen molar-refractivity contribution in [2.75, 3.05) is 13.2 Å². The molecule has 1 aliphatic carbocycles. The lowest BCUT2D eigenvalue weighted by Gasteiger charge is -2.11. The van der Waals surface area contributed by atoms with E-state index in [1.807, 2.05) is 0 Å². The summed E-state index contributed by atoms with van der Waals surface area (Å²) >= 11 is 0. The molecule has 0 aromatic rings. The highest BCUT2D eigenvalue weighted by Gasteiger charge is 2.49. The summed E-state index contributed by atoms with van der Waals surface area (Å²) < 4.78 is 0. The summed E-state index contributed by atoms with van der Waals surface area (Å²) in [6, 6.07) is 0. The average molecular weight is 145 g/mol. The van der Waals surface area contributed by atoms with Crippen LogP contribution in [0.5, 0.6) is 0 Å². The van der Waals surface area contributed by atoms with Crippen LogP contribution < -0.4 is 5.32 Å². The minimum atomic E-state index is 0.530. The molecule has 0 bridgehead atoms. The third-order valence-electron chi connectivity index (χ3n) is 2.65. The summed E-state index contributed by atoms with van der Waals surface area (Å²) in [4.78, 5) is 0. The van der Waals surface area contributed by atoms with E-state index in [4.69, 9.17) is 0 Å². The smallest absolute Gasteiger partial charge is 0.0211 e. The summed E-state index contributed by atoms with van der Waals surface area (Å²) in [5.41, 5.74) is 0.530. The molecule has 1 saturated carbocycles. The van der Waals surface area contributed by atoms with E-state index < -0.39 is 0 Å². The van der Waals surface area contributed by atoms with E-state index in [0.29, 0.717) is 5.54 Å². The second-order valence-corrected chi connectivity index (χ2v) is 3.37. The first kappa shape index (κ1) is 7.50. The first-order chi connectivity index (χ1) is 4.29. The first-order valence-corrected chi connectivity index (χ1v) is 4.49. The van der Waals surface area contributed by atoms with E-state index in [2.05, 4.69) is 28.5 Å². The number of hydrogen-bond acceptors (Lipinski definition) is 1. The Kier molecular flexibility index (Phi) is 2.13. The third kappa shape index (κ3) is 1.13. The quantitative estimate of drug-likeness (QED) is 0.589. The molecule has 9 heavy (non-hydrogen) atoms. The lowest BCUT2D eigenvalue weighted by Crippen LogP contribution is -2.29. The number of hydrogen-bond donors (Lipinski definition) is 1. The summed E-state index contributed by atoms with van der Waals surface area (Å²) in [5, 5.41) is 3.39. The highest BCUT2D eigenvalue weighted by Crippen LogP contribution is 2.46. The van der Waals surface area contributed by atoms with Gasteiger partial charge in [0.2, 0.25) is 0 Å². The van der Waals surface area contributed by atoms with E-state index in [9.17, 15) is 0 Å². The molecule has 0 spiro atoms. The molecule has 3 atom stereocenters. The fraction of sp³-hybridized carbons (Fsp3) is 1.00. The largest absolute Gasteiger partial charge is 0.314 e. The molecule has 0 amide bonds. The Balaban J connectivity index is 2.37. The Morgan fingerprint density at radius 3 is 2.56 bits per heavy atom. The molecule has 1 fully saturated rings. The van der Waals surface area contributed by atoms with Crippen molar-refractivity contribution in [3.63, 3.8) is 0 Å². The van der Waals surface area contributed by atoms with Crippen LogP contribution in [-0.2, 0) is 0 Å². The molecule has 1 aliphatic rings. The van der Waals surface area contributed by atoms with Crippen molar-refractivity contribution in [2.24, 2.45) is 5.92 Å². The monoisotopic (exact) mass is 145 g/mol. The van der Waals surface area contributed by atoms with Gasteiger partial charge in [-0.3, -0.25) is 0 Å². The van der Waals surface area contributed by atoms with Gasteiger partial charge in [-0.1, -0.05) is 6.92 Å². The lowest BCUT2D eigenvalue weighted by atomic mass is 10.1. The zero-order valence-corrected chi connectivity index (χ0v) is 7.43. The molecule has 0 aliphatic heterocycles. The molecule has 3 unspecified atom stereocenters. The molecule has 2 heteroatoms. The highest BCUT2D eigenvalue weighted by atomic mass is 31.0. The Labute approximate surface area is 59.8 Å². The molecule has 54 valence electrons. The van der Waals surface area contributed by atoms with Crippen molar-refractivity contribution < 1.29 is 0 Å². The van der Waals surface area contributed by atoms with Gasteiger partial charge in [0, 0.05) is 5.54 Å². The average Bonchev–Trinajstić information content (AvgIpc) is 2.63. The van der Waals surface area contributed by atoms with Crippen LogP contribution in [0.15, 0.2) is 0 Å². The van der Waals surface area contributed by atoms with Gasteiger partial charge in [0.05, 0.1) is 0 Å². The van der Waals surface area contributed by atoms with Crippen LogP contribution in [0.2, 0.25) is 0 Å². The first-order valence-electron chi connectivity index (χ1n) is 3.68. The Bertz CT molecular complexity index is 99.1. The van der Waals surface area contributed by atoms with Gasteiger partial charge in [-0.25, -0.2) is 0 Å². The second kappa shape index (κ2) is 2.56. The lowest BCUT2D eigenvalue weighted by molar-refractivity contribution is 0.498. The zero-order valence-electron chi connectivity index (χ0n) is 6.28. The van der Waals surface area contributed by atoms with Gasteiger partial charge in [0.15, 0.2) is 0 Å². The van der Waals surface area contributed by atoms with E-state index in [1.165, 1.54) is 19.0 Å². The van der Waals surface area contributed by atoms with Crippen LogP contribution in [-0.4, -0.2) is 18.7 Å². The summed E-state index contributed by atoms with van der Waals surface area (Å²) in [7, 11) is 4.89. The summed E-state index contributed by atoms with van der Waals surface area (Å²) in [6.07, 6.45) is 3.92. The fourth-order valence-electron chi connectivity index (χ4n) is 1.61. The maximum atomic E-state index is 3.39. The molecule has 0 heterocycles. The molecular formula is C7H16NP. The minimum absolute atomic E-state index is 0.530. The highest BCUT2D eigenvalue weighted by molar-refractivity contribution is 7.16. The third-order valence-corrected chi connectivity index (χ3v) is 3.21. The van der Waals surface area contributed by atoms with Gasteiger partial charge in [0.25, 0.3) is 0 Å². The fourth-order valence-corrected chi connectivity index (χ4v) is 2.22. The normalized spacial score (nSPS) is 41.0.